The molecular weight excluding hydrogens is 422 g/mol. The van der Waals surface area contributed by atoms with E-state index >= 15 is 0 Å². The zero-order valence-corrected chi connectivity index (χ0v) is 17.2. The van der Waals surface area contributed by atoms with Crippen LogP contribution in [0.5, 0.6) is 0 Å². The molecule has 0 saturated carbocycles. The van der Waals surface area contributed by atoms with Crippen LogP contribution in [0.4, 0.5) is 8.78 Å². The van der Waals surface area contributed by atoms with Gasteiger partial charge in [0, 0.05) is 41.2 Å². The lowest BCUT2D eigenvalue weighted by Gasteiger charge is -2.47. The van der Waals surface area contributed by atoms with Gasteiger partial charge in [0.15, 0.2) is 0 Å². The van der Waals surface area contributed by atoms with Crippen LogP contribution in [0.2, 0.25) is 0 Å². The van der Waals surface area contributed by atoms with Gasteiger partial charge in [0.25, 0.3) is 5.91 Å². The number of carboxylic acids is 1. The zero-order valence-electron chi connectivity index (χ0n) is 16.4. The fourth-order valence-corrected chi connectivity index (χ4v) is 5.99. The van der Waals surface area contributed by atoms with Gasteiger partial charge in [-0.25, -0.2) is 4.79 Å². The Morgan fingerprint density at radius 3 is 2.73 bits per heavy atom. The molecule has 3 amide bonds. The molecule has 0 aromatic rings. The number of alkyl halides is 2. The fourth-order valence-electron chi connectivity index (χ4n) is 4.47. The molecule has 9 nitrogen and oxygen atoms in total. The third-order valence-electron chi connectivity index (χ3n) is 5.82. The van der Waals surface area contributed by atoms with Crippen molar-refractivity contribution >= 4 is 36.0 Å². The van der Waals surface area contributed by atoms with Gasteiger partial charge in [-0.3, -0.25) is 14.4 Å². The summed E-state index contributed by atoms with van der Waals surface area (Å²) in [5.74, 6) is -4.22. The molecule has 166 valence electrons. The van der Waals surface area contributed by atoms with E-state index in [-0.39, 0.29) is 22.9 Å². The molecule has 4 N–H and O–H groups in total. The van der Waals surface area contributed by atoms with Crippen LogP contribution in [-0.2, 0) is 19.2 Å². The Bertz CT molecular complexity index is 780. The molecule has 2 saturated heterocycles. The van der Waals surface area contributed by atoms with Crippen molar-refractivity contribution in [1.29, 1.82) is 0 Å². The number of β-lactam (4-membered cyclic amide) rings is 1. The van der Waals surface area contributed by atoms with Crippen molar-refractivity contribution in [3.63, 3.8) is 0 Å². The first kappa shape index (κ1) is 22.5. The summed E-state index contributed by atoms with van der Waals surface area (Å²) in [5.41, 5.74) is -0.0689. The second-order valence-corrected chi connectivity index (χ2v) is 9.08. The largest absolute Gasteiger partial charge is 0.477 e. The number of hydrogen-bond acceptors (Lipinski definition) is 6. The topological polar surface area (TPSA) is 128 Å². The van der Waals surface area contributed by atoms with Gasteiger partial charge in [0.2, 0.25) is 12.3 Å². The van der Waals surface area contributed by atoms with Crippen molar-refractivity contribution in [3.8, 4) is 0 Å². The average molecular weight is 446 g/mol. The highest BCUT2D eigenvalue weighted by Gasteiger charge is 2.60. The van der Waals surface area contributed by atoms with Gasteiger partial charge in [-0.15, -0.1) is 11.8 Å². The van der Waals surface area contributed by atoms with Crippen LogP contribution in [0.25, 0.3) is 0 Å². The molecule has 6 atom stereocenters. The van der Waals surface area contributed by atoms with Gasteiger partial charge in [-0.05, 0) is 13.3 Å². The minimum atomic E-state index is -3.19. The van der Waals surface area contributed by atoms with E-state index in [4.69, 9.17) is 0 Å². The first-order valence-corrected chi connectivity index (χ1v) is 10.5. The summed E-state index contributed by atoms with van der Waals surface area (Å²) in [4.78, 5) is 48.2. The summed E-state index contributed by atoms with van der Waals surface area (Å²) in [5, 5.41) is 17.8. The molecule has 0 spiro atoms. The van der Waals surface area contributed by atoms with Crippen molar-refractivity contribution in [1.82, 2.24) is 20.9 Å². The van der Waals surface area contributed by atoms with E-state index in [1.165, 1.54) is 23.6 Å². The number of carboxylic acid groups (broad SMARTS) is 1. The number of carbonyl (C=O) groups excluding carboxylic acids is 3. The molecular formula is C18H24F2N4O5S. The number of fused-ring (bicyclic) bond motifs is 1. The number of aliphatic carboxylic acids is 1. The summed E-state index contributed by atoms with van der Waals surface area (Å²) in [6.45, 7) is 4.38. The van der Waals surface area contributed by atoms with E-state index in [1.54, 1.807) is 0 Å². The quantitative estimate of drug-likeness (QED) is 0.284. The van der Waals surface area contributed by atoms with Gasteiger partial charge < -0.3 is 26.0 Å². The van der Waals surface area contributed by atoms with E-state index < -0.39 is 42.2 Å². The van der Waals surface area contributed by atoms with E-state index in [0.717, 1.165) is 6.42 Å². The molecule has 3 aliphatic heterocycles. The first-order chi connectivity index (χ1) is 14.2. The number of nitrogens with one attached hydrogen (secondary N) is 3. The number of nitrogens with zero attached hydrogens (tertiary/aromatic N) is 1. The van der Waals surface area contributed by atoms with Gasteiger partial charge in [0.05, 0.1) is 12.0 Å². The Morgan fingerprint density at radius 2 is 2.13 bits per heavy atom. The van der Waals surface area contributed by atoms with Crippen molar-refractivity contribution < 1.29 is 33.1 Å². The van der Waals surface area contributed by atoms with Crippen LogP contribution in [0, 0.1) is 11.8 Å². The van der Waals surface area contributed by atoms with Crippen LogP contribution in [0.3, 0.4) is 0 Å². The number of thioether (sulfide) groups is 1. The summed E-state index contributed by atoms with van der Waals surface area (Å²) >= 11 is 1.40. The van der Waals surface area contributed by atoms with E-state index in [1.807, 2.05) is 6.92 Å². The van der Waals surface area contributed by atoms with E-state index in [9.17, 15) is 33.1 Å². The average Bonchev–Trinajstić information content (AvgIpc) is 3.21. The fraction of sp³-hybridized carbons (Fsp3) is 0.667. The van der Waals surface area contributed by atoms with Gasteiger partial charge in [-0.1, -0.05) is 6.92 Å². The number of hydrogen-bond donors (Lipinski definition) is 4. The monoisotopic (exact) mass is 446 g/mol. The Labute approximate surface area is 176 Å². The minimum absolute atomic E-state index is 0.0680. The summed E-state index contributed by atoms with van der Waals surface area (Å²) < 4.78 is 25.1. The highest BCUT2D eigenvalue weighted by Crippen LogP contribution is 2.51. The SMILES string of the molecule is C[C@@H](NC(=O)C(F)F)[C@H]1C(=O)N2C(C(=O)O)=C(S[C@@H]3CN[C@H](CNC=O)C3)[C@H](C)[C@@H]12. The maximum absolute atomic E-state index is 12.7. The van der Waals surface area contributed by atoms with Gasteiger partial charge in [-0.2, -0.15) is 8.78 Å². The lowest BCUT2D eigenvalue weighted by Crippen LogP contribution is -2.66. The lowest BCUT2D eigenvalue weighted by atomic mass is 9.78. The lowest BCUT2D eigenvalue weighted by molar-refractivity contribution is -0.159. The first-order valence-electron chi connectivity index (χ1n) is 9.63. The summed E-state index contributed by atoms with van der Waals surface area (Å²) in [6.07, 6.45) is -1.84. The Morgan fingerprint density at radius 1 is 1.43 bits per heavy atom. The molecule has 0 aromatic carbocycles. The molecule has 3 heterocycles. The molecule has 12 heteroatoms. The second kappa shape index (κ2) is 8.88. The molecule has 0 radical (unpaired) electrons. The molecule has 3 rings (SSSR count). The van der Waals surface area contributed by atoms with Crippen LogP contribution in [0.15, 0.2) is 10.6 Å². The Kier molecular flexibility index (Phi) is 6.65. The molecule has 3 aliphatic rings. The highest BCUT2D eigenvalue weighted by molar-refractivity contribution is 8.03. The Balaban J connectivity index is 1.73. The minimum Gasteiger partial charge on any atom is -0.477 e. The van der Waals surface area contributed by atoms with Crippen LogP contribution in [0.1, 0.15) is 20.3 Å². The molecule has 0 bridgehead atoms. The smallest absolute Gasteiger partial charge is 0.353 e. The normalized spacial score (nSPS) is 31.4. The maximum Gasteiger partial charge on any atom is 0.353 e. The number of halogens is 2. The van der Waals surface area contributed by atoms with E-state index in [2.05, 4.69) is 16.0 Å². The van der Waals surface area contributed by atoms with Crippen molar-refractivity contribution in [2.45, 2.75) is 50.1 Å². The van der Waals surface area contributed by atoms with Crippen LogP contribution in [-0.4, -0.2) is 77.1 Å². The standard InChI is InChI=1S/C18H24F2N4O5S/c1-7-12-11(8(2)23-16(26)15(19)20)17(27)24(12)13(18(28)29)14(7)30-10-3-9(22-5-10)4-21-6-25/h6-12,15,22H,3-5H2,1-2H3,(H,21,25)(H,23,26)(H,28,29)/t7-,8-,9+,10+,11-,12+/m1/s1. The van der Waals surface area contributed by atoms with Crippen molar-refractivity contribution in [2.24, 2.45) is 11.8 Å². The third-order valence-corrected chi connectivity index (χ3v) is 7.33. The Hall–Kier alpha value is -2.21. The molecule has 30 heavy (non-hydrogen) atoms. The zero-order chi connectivity index (χ0) is 22.2. The molecule has 0 aliphatic carbocycles. The molecule has 2 fully saturated rings. The summed E-state index contributed by atoms with van der Waals surface area (Å²) in [6, 6.07) is -1.26. The van der Waals surface area contributed by atoms with Gasteiger partial charge in [0.1, 0.15) is 5.70 Å². The maximum atomic E-state index is 12.7. The predicted molar refractivity (Wildman–Crippen MR) is 103 cm³/mol. The van der Waals surface area contributed by atoms with Crippen molar-refractivity contribution in [2.75, 3.05) is 13.1 Å². The van der Waals surface area contributed by atoms with Crippen molar-refractivity contribution in [3.05, 3.63) is 10.6 Å². The molecule has 0 unspecified atom stereocenters. The summed E-state index contributed by atoms with van der Waals surface area (Å²) in [7, 11) is 0. The van der Waals surface area contributed by atoms with Crippen LogP contribution >= 0.6 is 11.8 Å². The highest BCUT2D eigenvalue weighted by atomic mass is 32.2. The van der Waals surface area contributed by atoms with E-state index in [0.29, 0.717) is 24.4 Å². The second-order valence-electron chi connectivity index (χ2n) is 7.74. The molecule has 0 aromatic heterocycles. The van der Waals surface area contributed by atoms with Crippen LogP contribution < -0.4 is 16.0 Å². The predicted octanol–water partition coefficient (Wildman–Crippen LogP) is -0.261. The third kappa shape index (κ3) is 4.02. The number of rotatable bonds is 9. The number of carbonyl (C=O) groups is 4. The number of amides is 3. The van der Waals surface area contributed by atoms with Gasteiger partial charge >= 0.3 is 12.4 Å².